The predicted octanol–water partition coefficient (Wildman–Crippen LogP) is 1.44. The van der Waals surface area contributed by atoms with Crippen LogP contribution in [-0.4, -0.2) is 76.2 Å². The molecule has 1 amide bonds. The Hall–Kier alpha value is -1.93. The number of carbonyl (C=O) groups excluding carboxylic acids is 1. The van der Waals surface area contributed by atoms with Crippen molar-refractivity contribution >= 4 is 12.0 Å². The van der Waals surface area contributed by atoms with Crippen molar-refractivity contribution in [3.63, 3.8) is 0 Å². The van der Waals surface area contributed by atoms with Gasteiger partial charge in [-0.1, -0.05) is 0 Å². The van der Waals surface area contributed by atoms with Gasteiger partial charge in [0.25, 0.3) is 0 Å². The van der Waals surface area contributed by atoms with Gasteiger partial charge in [-0.05, 0) is 39.7 Å². The molecule has 1 aromatic rings. The number of piperidine rings is 1. The lowest BCUT2D eigenvalue weighted by Crippen LogP contribution is -2.61. The van der Waals surface area contributed by atoms with E-state index in [2.05, 4.69) is 14.9 Å². The summed E-state index contributed by atoms with van der Waals surface area (Å²) in [4.78, 5) is 24.7. The number of aliphatic hydroxyl groups excluding tert-OH is 1. The molecular weight excluding hydrogens is 336 g/mol. The highest BCUT2D eigenvalue weighted by Gasteiger charge is 2.44. The molecule has 1 N–H and O–H groups in total. The quantitative estimate of drug-likeness (QED) is 0.849. The van der Waals surface area contributed by atoms with Crippen molar-refractivity contribution in [3.05, 3.63) is 18.5 Å². The van der Waals surface area contributed by atoms with Crippen molar-refractivity contribution in [1.29, 1.82) is 0 Å². The average Bonchev–Trinajstić information content (AvgIpc) is 2.61. The summed E-state index contributed by atoms with van der Waals surface area (Å²) in [6, 6.07) is 1.78. The number of morpholine rings is 1. The minimum Gasteiger partial charge on any atom is -0.444 e. The van der Waals surface area contributed by atoms with Crippen LogP contribution in [0.15, 0.2) is 18.5 Å². The van der Waals surface area contributed by atoms with Crippen LogP contribution in [0.3, 0.4) is 0 Å². The largest absolute Gasteiger partial charge is 0.444 e. The Kier molecular flexibility index (Phi) is 5.34. The van der Waals surface area contributed by atoms with Gasteiger partial charge in [0.15, 0.2) is 0 Å². The highest BCUT2D eigenvalue weighted by Crippen LogP contribution is 2.33. The SMILES string of the molecule is CC(C)(C)OC(=O)N1CCC2(CC1)CN(c1ncccn1)CC(CO)O2. The molecule has 2 fully saturated rings. The lowest BCUT2D eigenvalue weighted by atomic mass is 9.88. The van der Waals surface area contributed by atoms with Crippen LogP contribution in [-0.2, 0) is 9.47 Å². The molecule has 0 bridgehead atoms. The summed E-state index contributed by atoms with van der Waals surface area (Å²) in [5.41, 5.74) is -0.916. The van der Waals surface area contributed by atoms with Crippen LogP contribution in [0.4, 0.5) is 10.7 Å². The van der Waals surface area contributed by atoms with Gasteiger partial charge in [0.2, 0.25) is 5.95 Å². The fourth-order valence-corrected chi connectivity index (χ4v) is 3.49. The summed E-state index contributed by atoms with van der Waals surface area (Å²) < 4.78 is 11.7. The zero-order valence-electron chi connectivity index (χ0n) is 15.7. The van der Waals surface area contributed by atoms with Gasteiger partial charge in [0.05, 0.1) is 24.9 Å². The molecule has 3 heterocycles. The lowest BCUT2D eigenvalue weighted by molar-refractivity contribution is -0.143. The van der Waals surface area contributed by atoms with Crippen molar-refractivity contribution in [2.24, 2.45) is 0 Å². The third-order valence-electron chi connectivity index (χ3n) is 4.68. The molecule has 2 saturated heterocycles. The highest BCUT2D eigenvalue weighted by atomic mass is 16.6. The molecule has 2 aliphatic heterocycles. The maximum absolute atomic E-state index is 12.3. The number of nitrogens with zero attached hydrogens (tertiary/aromatic N) is 4. The van der Waals surface area contributed by atoms with Crippen molar-refractivity contribution in [2.75, 3.05) is 37.7 Å². The Balaban J connectivity index is 1.67. The molecule has 1 atom stereocenters. The first-order valence-corrected chi connectivity index (χ1v) is 9.09. The smallest absolute Gasteiger partial charge is 0.410 e. The number of hydrogen-bond donors (Lipinski definition) is 1. The molecule has 8 nitrogen and oxygen atoms in total. The summed E-state index contributed by atoms with van der Waals surface area (Å²) in [6.45, 7) is 7.88. The number of ether oxygens (including phenoxy) is 2. The maximum atomic E-state index is 12.3. The second kappa shape index (κ2) is 7.36. The first kappa shape index (κ1) is 18.8. The standard InChI is InChI=1S/C18H28N4O4/c1-17(2,3)26-16(24)21-9-5-18(6-10-21)13-22(11-14(12-23)25-18)15-19-7-4-8-20-15/h4,7-8,14,23H,5-6,9-13H2,1-3H3. The number of aliphatic hydroxyl groups is 1. The maximum Gasteiger partial charge on any atom is 0.410 e. The van der Waals surface area contributed by atoms with Crippen LogP contribution < -0.4 is 4.90 Å². The summed E-state index contributed by atoms with van der Waals surface area (Å²) in [5, 5.41) is 9.66. The number of aromatic nitrogens is 2. The van der Waals surface area contributed by atoms with Gasteiger partial charge in [-0.2, -0.15) is 0 Å². The summed E-state index contributed by atoms with van der Waals surface area (Å²) in [6.07, 6.45) is 4.22. The average molecular weight is 364 g/mol. The molecule has 26 heavy (non-hydrogen) atoms. The molecule has 1 spiro atoms. The molecule has 0 saturated carbocycles. The second-order valence-electron chi connectivity index (χ2n) is 8.00. The first-order chi connectivity index (χ1) is 12.3. The number of amides is 1. The number of likely N-dealkylation sites (tertiary alicyclic amines) is 1. The zero-order valence-corrected chi connectivity index (χ0v) is 15.7. The highest BCUT2D eigenvalue weighted by molar-refractivity contribution is 5.68. The van der Waals surface area contributed by atoms with Crippen LogP contribution in [0, 0.1) is 0 Å². The van der Waals surface area contributed by atoms with Crippen LogP contribution in [0.5, 0.6) is 0 Å². The lowest BCUT2D eigenvalue weighted by Gasteiger charge is -2.49. The molecule has 8 heteroatoms. The molecule has 2 aliphatic rings. The van der Waals surface area contributed by atoms with Gasteiger partial charge in [-0.15, -0.1) is 0 Å². The summed E-state index contributed by atoms with van der Waals surface area (Å²) in [7, 11) is 0. The molecule has 1 unspecified atom stereocenters. The minimum atomic E-state index is -0.503. The molecule has 144 valence electrons. The molecule has 0 radical (unpaired) electrons. The Labute approximate surface area is 154 Å². The van der Waals surface area contributed by atoms with Gasteiger partial charge in [-0.25, -0.2) is 14.8 Å². The van der Waals surface area contributed by atoms with E-state index in [1.54, 1.807) is 23.4 Å². The molecule has 0 aliphatic carbocycles. The monoisotopic (exact) mass is 364 g/mol. The first-order valence-electron chi connectivity index (χ1n) is 9.09. The third-order valence-corrected chi connectivity index (χ3v) is 4.68. The molecular formula is C18H28N4O4. The fourth-order valence-electron chi connectivity index (χ4n) is 3.49. The fraction of sp³-hybridized carbons (Fsp3) is 0.722. The van der Waals surface area contributed by atoms with Crippen molar-refractivity contribution in [3.8, 4) is 0 Å². The number of carbonyl (C=O) groups is 1. The van der Waals surface area contributed by atoms with E-state index in [0.717, 1.165) is 0 Å². The zero-order chi connectivity index (χ0) is 18.8. The Morgan fingerprint density at radius 3 is 2.58 bits per heavy atom. The van der Waals surface area contributed by atoms with Gasteiger partial charge in [-0.3, -0.25) is 0 Å². The van der Waals surface area contributed by atoms with E-state index in [-0.39, 0.29) is 18.8 Å². The molecule has 1 aromatic heterocycles. The van der Waals surface area contributed by atoms with E-state index >= 15 is 0 Å². The Morgan fingerprint density at radius 1 is 1.35 bits per heavy atom. The van der Waals surface area contributed by atoms with Gasteiger partial charge in [0.1, 0.15) is 5.60 Å². The van der Waals surface area contributed by atoms with E-state index in [1.165, 1.54) is 0 Å². The van der Waals surface area contributed by atoms with Crippen LogP contribution in [0.1, 0.15) is 33.6 Å². The van der Waals surface area contributed by atoms with E-state index < -0.39 is 11.2 Å². The van der Waals surface area contributed by atoms with Crippen LogP contribution >= 0.6 is 0 Å². The van der Waals surface area contributed by atoms with E-state index in [4.69, 9.17) is 9.47 Å². The van der Waals surface area contributed by atoms with Crippen molar-refractivity contribution in [2.45, 2.75) is 50.9 Å². The van der Waals surface area contributed by atoms with Crippen molar-refractivity contribution < 1.29 is 19.4 Å². The molecule has 0 aromatic carbocycles. The molecule has 3 rings (SSSR count). The number of anilines is 1. The van der Waals surface area contributed by atoms with Gasteiger partial charge in [0, 0.05) is 32.0 Å². The Bertz CT molecular complexity index is 611. The van der Waals surface area contributed by atoms with E-state index in [0.29, 0.717) is 45.0 Å². The normalized spacial score (nSPS) is 23.2. The van der Waals surface area contributed by atoms with Gasteiger partial charge < -0.3 is 24.4 Å². The summed E-state index contributed by atoms with van der Waals surface area (Å²) in [5.74, 6) is 0.642. The second-order valence-corrected chi connectivity index (χ2v) is 8.00. The predicted molar refractivity (Wildman–Crippen MR) is 96.0 cm³/mol. The Morgan fingerprint density at radius 2 is 2.00 bits per heavy atom. The summed E-state index contributed by atoms with van der Waals surface area (Å²) >= 11 is 0. The van der Waals surface area contributed by atoms with Gasteiger partial charge >= 0.3 is 6.09 Å². The minimum absolute atomic E-state index is 0.0547. The number of rotatable bonds is 2. The van der Waals surface area contributed by atoms with Crippen LogP contribution in [0.25, 0.3) is 0 Å². The topological polar surface area (TPSA) is 88.0 Å². The van der Waals surface area contributed by atoms with Crippen molar-refractivity contribution in [1.82, 2.24) is 14.9 Å². The van der Waals surface area contributed by atoms with Crippen LogP contribution in [0.2, 0.25) is 0 Å². The number of hydrogen-bond acceptors (Lipinski definition) is 7. The van der Waals surface area contributed by atoms with E-state index in [9.17, 15) is 9.90 Å². The van der Waals surface area contributed by atoms with E-state index in [1.807, 2.05) is 20.8 Å². The third kappa shape index (κ3) is 4.42.